The van der Waals surface area contributed by atoms with Crippen LogP contribution in [0.5, 0.6) is 0 Å². The highest BCUT2D eigenvalue weighted by molar-refractivity contribution is 5.95. The minimum atomic E-state index is -0.699. The molecule has 1 unspecified atom stereocenters. The van der Waals surface area contributed by atoms with Crippen molar-refractivity contribution < 1.29 is 8.78 Å². The second kappa shape index (κ2) is 5.33. The highest BCUT2D eigenvalue weighted by Gasteiger charge is 2.21. The Morgan fingerprint density at radius 1 is 1.22 bits per heavy atom. The van der Waals surface area contributed by atoms with Crippen molar-refractivity contribution in [2.75, 3.05) is 11.9 Å². The number of halogens is 2. The average Bonchev–Trinajstić information content (AvgIpc) is 2.26. The molecule has 1 rings (SSSR count). The van der Waals surface area contributed by atoms with Crippen molar-refractivity contribution in [3.63, 3.8) is 0 Å². The van der Waals surface area contributed by atoms with Gasteiger partial charge in [-0.15, -0.1) is 0 Å². The summed E-state index contributed by atoms with van der Waals surface area (Å²) in [7, 11) is 1.65. The highest BCUT2D eigenvalue weighted by atomic mass is 19.1. The SMILES string of the molecule is CC(C)C(C)N(C)c1c(F)cc(C(=N)N)cc1F. The van der Waals surface area contributed by atoms with Crippen molar-refractivity contribution in [3.8, 4) is 0 Å². The molecule has 100 valence electrons. The maximum absolute atomic E-state index is 13.9. The summed E-state index contributed by atoms with van der Waals surface area (Å²) in [4.78, 5) is 1.57. The molecule has 3 N–H and O–H groups in total. The Labute approximate surface area is 106 Å². The fourth-order valence-electron chi connectivity index (χ4n) is 1.71. The van der Waals surface area contributed by atoms with Gasteiger partial charge in [-0.1, -0.05) is 13.8 Å². The molecule has 0 saturated heterocycles. The third kappa shape index (κ3) is 2.78. The zero-order chi connectivity index (χ0) is 14.0. The van der Waals surface area contributed by atoms with Gasteiger partial charge in [0.15, 0.2) is 0 Å². The van der Waals surface area contributed by atoms with Crippen molar-refractivity contribution in [2.24, 2.45) is 11.7 Å². The fourth-order valence-corrected chi connectivity index (χ4v) is 1.71. The number of nitrogens with zero attached hydrogens (tertiary/aromatic N) is 1. The molecule has 0 heterocycles. The Balaban J connectivity index is 3.22. The molecule has 1 aromatic rings. The zero-order valence-corrected chi connectivity index (χ0v) is 11.1. The summed E-state index contributed by atoms with van der Waals surface area (Å²) in [5.74, 6) is -1.48. The third-order valence-electron chi connectivity index (χ3n) is 3.26. The van der Waals surface area contributed by atoms with Crippen LogP contribution in [0.15, 0.2) is 12.1 Å². The van der Waals surface area contributed by atoms with E-state index in [4.69, 9.17) is 11.1 Å². The van der Waals surface area contributed by atoms with E-state index in [0.717, 1.165) is 12.1 Å². The van der Waals surface area contributed by atoms with Crippen LogP contribution >= 0.6 is 0 Å². The van der Waals surface area contributed by atoms with E-state index in [-0.39, 0.29) is 29.0 Å². The van der Waals surface area contributed by atoms with E-state index in [2.05, 4.69) is 0 Å². The average molecular weight is 255 g/mol. The van der Waals surface area contributed by atoms with Crippen molar-refractivity contribution in [2.45, 2.75) is 26.8 Å². The molecule has 0 amide bonds. The number of amidine groups is 1. The van der Waals surface area contributed by atoms with E-state index >= 15 is 0 Å². The molecule has 0 aliphatic heterocycles. The lowest BCUT2D eigenvalue weighted by molar-refractivity contribution is 0.486. The van der Waals surface area contributed by atoms with Crippen molar-refractivity contribution >= 4 is 11.5 Å². The number of hydrogen-bond acceptors (Lipinski definition) is 2. The number of rotatable bonds is 4. The van der Waals surface area contributed by atoms with Crippen LogP contribution < -0.4 is 10.6 Å². The number of nitrogen functional groups attached to an aromatic ring is 1. The van der Waals surface area contributed by atoms with Gasteiger partial charge in [-0.25, -0.2) is 8.78 Å². The van der Waals surface area contributed by atoms with E-state index in [1.54, 1.807) is 11.9 Å². The number of benzene rings is 1. The lowest BCUT2D eigenvalue weighted by atomic mass is 10.0. The van der Waals surface area contributed by atoms with E-state index in [0.29, 0.717) is 0 Å². The largest absolute Gasteiger partial charge is 0.384 e. The van der Waals surface area contributed by atoms with Gasteiger partial charge in [0.25, 0.3) is 0 Å². The van der Waals surface area contributed by atoms with Crippen LogP contribution in [0.4, 0.5) is 14.5 Å². The summed E-state index contributed by atoms with van der Waals surface area (Å²) < 4.78 is 27.8. The molecule has 3 nitrogen and oxygen atoms in total. The quantitative estimate of drug-likeness (QED) is 0.642. The summed E-state index contributed by atoms with van der Waals surface area (Å²) in [5.41, 5.74) is 5.19. The molecule has 18 heavy (non-hydrogen) atoms. The molecule has 0 aliphatic rings. The first-order valence-corrected chi connectivity index (χ1v) is 5.82. The van der Waals surface area contributed by atoms with Crippen LogP contribution in [0.1, 0.15) is 26.3 Å². The predicted molar refractivity (Wildman–Crippen MR) is 70.1 cm³/mol. The maximum atomic E-state index is 13.9. The minimum Gasteiger partial charge on any atom is -0.384 e. The summed E-state index contributed by atoms with van der Waals surface area (Å²) in [6.07, 6.45) is 0. The van der Waals surface area contributed by atoms with Gasteiger partial charge in [0.1, 0.15) is 23.2 Å². The normalized spacial score (nSPS) is 12.6. The van der Waals surface area contributed by atoms with Gasteiger partial charge in [-0.2, -0.15) is 0 Å². The molecule has 0 fully saturated rings. The number of anilines is 1. The van der Waals surface area contributed by atoms with E-state index in [1.807, 2.05) is 20.8 Å². The molecular weight excluding hydrogens is 236 g/mol. The van der Waals surface area contributed by atoms with Gasteiger partial charge in [-0.05, 0) is 25.0 Å². The third-order valence-corrected chi connectivity index (χ3v) is 3.26. The van der Waals surface area contributed by atoms with Gasteiger partial charge in [0.2, 0.25) is 0 Å². The van der Waals surface area contributed by atoms with E-state index in [9.17, 15) is 8.78 Å². The lowest BCUT2D eigenvalue weighted by Gasteiger charge is -2.30. The van der Waals surface area contributed by atoms with Gasteiger partial charge >= 0.3 is 0 Å². The molecule has 1 aromatic carbocycles. The second-order valence-corrected chi connectivity index (χ2v) is 4.80. The standard InChI is InChI=1S/C13H19F2N3/c1-7(2)8(3)18(4)12-10(14)5-9(13(16)17)6-11(12)15/h5-8H,1-4H3,(H3,16,17). The Morgan fingerprint density at radius 2 is 1.67 bits per heavy atom. The summed E-state index contributed by atoms with van der Waals surface area (Å²) in [6.45, 7) is 5.88. The Morgan fingerprint density at radius 3 is 2.00 bits per heavy atom. The molecule has 0 saturated carbocycles. The topological polar surface area (TPSA) is 53.1 Å². The number of nitrogens with one attached hydrogen (secondary N) is 1. The highest BCUT2D eigenvalue weighted by Crippen LogP contribution is 2.27. The summed E-state index contributed by atoms with van der Waals surface area (Å²) >= 11 is 0. The zero-order valence-electron chi connectivity index (χ0n) is 11.1. The van der Waals surface area contributed by atoms with Crippen LogP contribution in [0.25, 0.3) is 0 Å². The smallest absolute Gasteiger partial charge is 0.150 e. The summed E-state index contributed by atoms with van der Waals surface area (Å²) in [6, 6.07) is 2.17. The van der Waals surface area contributed by atoms with E-state index in [1.165, 1.54) is 0 Å². The first-order chi connectivity index (χ1) is 8.25. The summed E-state index contributed by atoms with van der Waals surface area (Å²) in [5, 5.41) is 7.19. The Kier molecular flexibility index (Phi) is 4.27. The van der Waals surface area contributed by atoms with Crippen molar-refractivity contribution in [1.29, 1.82) is 5.41 Å². The van der Waals surface area contributed by atoms with Crippen molar-refractivity contribution in [3.05, 3.63) is 29.3 Å². The lowest BCUT2D eigenvalue weighted by Crippen LogP contribution is -2.34. The fraction of sp³-hybridized carbons (Fsp3) is 0.462. The minimum absolute atomic E-state index is 0.00261. The van der Waals surface area contributed by atoms with Crippen LogP contribution in [0, 0.1) is 23.0 Å². The maximum Gasteiger partial charge on any atom is 0.150 e. The van der Waals surface area contributed by atoms with Crippen molar-refractivity contribution in [1.82, 2.24) is 0 Å². The van der Waals surface area contributed by atoms with Crippen LogP contribution in [0.2, 0.25) is 0 Å². The first kappa shape index (κ1) is 14.4. The number of nitrogens with two attached hydrogens (primary N) is 1. The molecule has 5 heteroatoms. The second-order valence-electron chi connectivity index (χ2n) is 4.80. The molecular formula is C13H19F2N3. The van der Waals surface area contributed by atoms with Crippen LogP contribution in [-0.2, 0) is 0 Å². The van der Waals surface area contributed by atoms with E-state index < -0.39 is 11.6 Å². The molecule has 0 radical (unpaired) electrons. The molecule has 0 bridgehead atoms. The Bertz CT molecular complexity index is 435. The van der Waals surface area contributed by atoms with Gasteiger partial charge < -0.3 is 10.6 Å². The predicted octanol–water partition coefficient (Wildman–Crippen LogP) is 2.73. The van der Waals surface area contributed by atoms with Gasteiger partial charge in [0, 0.05) is 18.7 Å². The monoisotopic (exact) mass is 255 g/mol. The first-order valence-electron chi connectivity index (χ1n) is 5.82. The van der Waals surface area contributed by atoms with Crippen LogP contribution in [0.3, 0.4) is 0 Å². The molecule has 0 aromatic heterocycles. The number of hydrogen-bond donors (Lipinski definition) is 2. The van der Waals surface area contributed by atoms with Gasteiger partial charge in [-0.3, -0.25) is 5.41 Å². The Hall–Kier alpha value is -1.65. The molecule has 0 spiro atoms. The van der Waals surface area contributed by atoms with Gasteiger partial charge in [0.05, 0.1) is 0 Å². The molecule has 1 atom stereocenters. The molecule has 0 aliphatic carbocycles. The van der Waals surface area contributed by atoms with Crippen LogP contribution in [-0.4, -0.2) is 18.9 Å².